The summed E-state index contributed by atoms with van der Waals surface area (Å²) < 4.78 is 0. The van der Waals surface area contributed by atoms with E-state index in [1.807, 2.05) is 6.08 Å². The standard InChI is InChI=1S/C9H11.Zr/c1-2-3-6-9-7-4-5-8-9;/h3,6-8H,2,4H2,1H3;/q-1;. The molecule has 0 saturated heterocycles. The van der Waals surface area contributed by atoms with Crippen LogP contribution in [0.4, 0.5) is 0 Å². The molecule has 0 N–H and O–H groups in total. The van der Waals surface area contributed by atoms with Crippen molar-refractivity contribution in [3.63, 3.8) is 0 Å². The van der Waals surface area contributed by atoms with Crippen LogP contribution in [0.15, 0.2) is 29.9 Å². The summed E-state index contributed by atoms with van der Waals surface area (Å²) in [5.74, 6) is 0. The first-order chi connectivity index (χ1) is 4.43. The third kappa shape index (κ3) is 3.32. The Morgan fingerprint density at radius 1 is 1.70 bits per heavy atom. The summed E-state index contributed by atoms with van der Waals surface area (Å²) in [5.41, 5.74) is 1.30. The minimum Gasteiger partial charge on any atom is -0.272 e. The molecule has 0 aromatic heterocycles. The van der Waals surface area contributed by atoms with Gasteiger partial charge in [-0.1, -0.05) is 6.92 Å². The number of hydrogen-bond donors (Lipinski definition) is 0. The van der Waals surface area contributed by atoms with E-state index >= 15 is 0 Å². The fraction of sp³-hybridized carbons (Fsp3) is 0.333. The fourth-order valence-corrected chi connectivity index (χ4v) is 0.783. The third-order valence-corrected chi connectivity index (χ3v) is 1.27. The van der Waals surface area contributed by atoms with E-state index in [-0.39, 0.29) is 26.2 Å². The Bertz CT molecular complexity index is 164. The average molecular weight is 210 g/mol. The number of rotatable bonds is 2. The molecule has 1 rings (SSSR count). The van der Waals surface area contributed by atoms with Gasteiger partial charge in [-0.25, -0.2) is 6.08 Å². The van der Waals surface area contributed by atoms with Crippen molar-refractivity contribution in [1.29, 1.82) is 0 Å². The molecular weight excluding hydrogens is 199 g/mol. The van der Waals surface area contributed by atoms with Gasteiger partial charge in [0.05, 0.1) is 0 Å². The van der Waals surface area contributed by atoms with E-state index in [2.05, 4.69) is 31.2 Å². The molecule has 1 heteroatoms. The summed E-state index contributed by atoms with van der Waals surface area (Å²) in [4.78, 5) is 0. The molecule has 0 fully saturated rings. The molecule has 0 aliphatic heterocycles. The van der Waals surface area contributed by atoms with E-state index in [9.17, 15) is 0 Å². The topological polar surface area (TPSA) is 0 Å². The van der Waals surface area contributed by atoms with Gasteiger partial charge in [-0.3, -0.25) is 6.08 Å². The van der Waals surface area contributed by atoms with Gasteiger partial charge in [-0.15, -0.1) is 18.6 Å². The van der Waals surface area contributed by atoms with Gasteiger partial charge < -0.3 is 0 Å². The Labute approximate surface area is 81.8 Å². The van der Waals surface area contributed by atoms with Crippen LogP contribution in [0, 0.1) is 6.08 Å². The van der Waals surface area contributed by atoms with Crippen LogP contribution in [-0.2, 0) is 26.2 Å². The Balaban J connectivity index is 0.000000810. The molecular formula is C9H11Zr-. The van der Waals surface area contributed by atoms with Crippen molar-refractivity contribution in [1.82, 2.24) is 0 Å². The molecule has 0 nitrogen and oxygen atoms in total. The second kappa shape index (κ2) is 5.86. The van der Waals surface area contributed by atoms with Gasteiger partial charge in [0.2, 0.25) is 0 Å². The van der Waals surface area contributed by atoms with Crippen molar-refractivity contribution < 1.29 is 26.2 Å². The molecule has 0 radical (unpaired) electrons. The second-order valence-electron chi connectivity index (χ2n) is 2.07. The Morgan fingerprint density at radius 2 is 2.50 bits per heavy atom. The van der Waals surface area contributed by atoms with Gasteiger partial charge in [0.15, 0.2) is 0 Å². The van der Waals surface area contributed by atoms with Crippen LogP contribution < -0.4 is 0 Å². The van der Waals surface area contributed by atoms with Crippen molar-refractivity contribution >= 4 is 0 Å². The summed E-state index contributed by atoms with van der Waals surface area (Å²) in [6.45, 7) is 2.14. The van der Waals surface area contributed by atoms with Crippen molar-refractivity contribution in [2.75, 3.05) is 0 Å². The Kier molecular flexibility index (Phi) is 5.92. The maximum absolute atomic E-state index is 3.11. The third-order valence-electron chi connectivity index (χ3n) is 1.27. The van der Waals surface area contributed by atoms with Crippen LogP contribution in [0.2, 0.25) is 0 Å². The molecule has 0 amide bonds. The minimum absolute atomic E-state index is 0. The molecule has 0 bridgehead atoms. The van der Waals surface area contributed by atoms with Crippen molar-refractivity contribution in [3.05, 3.63) is 36.0 Å². The molecule has 0 aromatic carbocycles. The maximum atomic E-state index is 3.11. The molecule has 10 heavy (non-hydrogen) atoms. The van der Waals surface area contributed by atoms with Crippen molar-refractivity contribution in [2.45, 2.75) is 19.8 Å². The smallest absolute Gasteiger partial charge is 0 e. The summed E-state index contributed by atoms with van der Waals surface area (Å²) in [7, 11) is 0. The van der Waals surface area contributed by atoms with E-state index in [0.29, 0.717) is 0 Å². The number of allylic oxidation sites excluding steroid dienone is 6. The first kappa shape index (κ1) is 10.1. The predicted octanol–water partition coefficient (Wildman–Crippen LogP) is 2.64. The van der Waals surface area contributed by atoms with E-state index in [1.165, 1.54) is 5.57 Å². The van der Waals surface area contributed by atoms with Crippen LogP contribution in [0.3, 0.4) is 0 Å². The molecule has 0 spiro atoms. The zero-order chi connectivity index (χ0) is 6.53. The van der Waals surface area contributed by atoms with E-state index in [1.54, 1.807) is 0 Å². The van der Waals surface area contributed by atoms with Crippen molar-refractivity contribution in [2.24, 2.45) is 0 Å². The molecule has 52 valence electrons. The zero-order valence-corrected chi connectivity index (χ0v) is 8.68. The fourth-order valence-electron chi connectivity index (χ4n) is 0.783. The summed E-state index contributed by atoms with van der Waals surface area (Å²) in [5, 5.41) is 0. The molecule has 0 unspecified atom stereocenters. The first-order valence-corrected chi connectivity index (χ1v) is 3.37. The molecule has 0 saturated carbocycles. The molecule has 1 aliphatic rings. The van der Waals surface area contributed by atoms with E-state index < -0.39 is 0 Å². The van der Waals surface area contributed by atoms with Gasteiger partial charge >= 0.3 is 0 Å². The Morgan fingerprint density at radius 3 is 3.00 bits per heavy atom. The monoisotopic (exact) mass is 209 g/mol. The van der Waals surface area contributed by atoms with Gasteiger partial charge in [-0.05, 0) is 6.42 Å². The number of hydrogen-bond acceptors (Lipinski definition) is 0. The molecule has 0 heterocycles. The molecule has 0 atom stereocenters. The Hall–Kier alpha value is 0.103. The van der Waals surface area contributed by atoms with Crippen LogP contribution in [-0.4, -0.2) is 0 Å². The van der Waals surface area contributed by atoms with E-state index in [0.717, 1.165) is 12.8 Å². The first-order valence-electron chi connectivity index (χ1n) is 3.37. The average Bonchev–Trinajstić information content (AvgIpc) is 2.34. The summed E-state index contributed by atoms with van der Waals surface area (Å²) in [6, 6.07) is 0. The summed E-state index contributed by atoms with van der Waals surface area (Å²) in [6.07, 6.45) is 13.7. The van der Waals surface area contributed by atoms with Crippen LogP contribution in [0.25, 0.3) is 0 Å². The molecule has 1 aliphatic carbocycles. The zero-order valence-electron chi connectivity index (χ0n) is 6.22. The molecule has 0 aromatic rings. The quantitative estimate of drug-likeness (QED) is 0.615. The largest absolute Gasteiger partial charge is 0.272 e. The van der Waals surface area contributed by atoms with Crippen LogP contribution in [0.5, 0.6) is 0 Å². The van der Waals surface area contributed by atoms with Gasteiger partial charge in [-0.2, -0.15) is 11.6 Å². The van der Waals surface area contributed by atoms with E-state index in [4.69, 9.17) is 0 Å². The normalized spacial score (nSPS) is 15.5. The predicted molar refractivity (Wildman–Crippen MR) is 39.9 cm³/mol. The van der Waals surface area contributed by atoms with Crippen molar-refractivity contribution in [3.8, 4) is 0 Å². The van der Waals surface area contributed by atoms with Crippen LogP contribution >= 0.6 is 0 Å². The van der Waals surface area contributed by atoms with Gasteiger partial charge in [0.25, 0.3) is 0 Å². The van der Waals surface area contributed by atoms with Gasteiger partial charge in [0.1, 0.15) is 0 Å². The summed E-state index contributed by atoms with van der Waals surface area (Å²) >= 11 is 0. The second-order valence-corrected chi connectivity index (χ2v) is 2.07. The maximum Gasteiger partial charge on any atom is 0 e. The van der Waals surface area contributed by atoms with Crippen LogP contribution in [0.1, 0.15) is 19.8 Å². The minimum atomic E-state index is 0. The van der Waals surface area contributed by atoms with Gasteiger partial charge in [0, 0.05) is 26.2 Å². The SMILES string of the molecule is CCC=CC1=CC[C-]=C1.[Zr].